The van der Waals surface area contributed by atoms with E-state index >= 15 is 0 Å². The second-order valence-corrected chi connectivity index (χ2v) is 7.18. The lowest BCUT2D eigenvalue weighted by molar-refractivity contribution is -0.307. The van der Waals surface area contributed by atoms with Gasteiger partial charge in [-0.1, -0.05) is 17.3 Å². The SMILES string of the molecule is Cc1cc(SCc2cc(-c3ccc(C(F)(F)F)cc3)no2)ccc1OCC(=O)[O-]. The number of alkyl halides is 3. The van der Waals surface area contributed by atoms with E-state index < -0.39 is 24.3 Å². The van der Waals surface area contributed by atoms with Gasteiger partial charge in [-0.25, -0.2) is 0 Å². The Bertz CT molecular complexity index is 1000. The molecule has 0 aliphatic heterocycles. The van der Waals surface area contributed by atoms with Crippen molar-refractivity contribution in [2.24, 2.45) is 0 Å². The zero-order valence-electron chi connectivity index (χ0n) is 15.2. The Balaban J connectivity index is 1.62. The van der Waals surface area contributed by atoms with E-state index in [1.807, 2.05) is 6.07 Å². The maximum absolute atomic E-state index is 12.6. The van der Waals surface area contributed by atoms with Crippen LogP contribution in [0.25, 0.3) is 11.3 Å². The summed E-state index contributed by atoms with van der Waals surface area (Å²) < 4.78 is 48.3. The predicted molar refractivity (Wildman–Crippen MR) is 98.2 cm³/mol. The van der Waals surface area contributed by atoms with Gasteiger partial charge >= 0.3 is 6.18 Å². The Morgan fingerprint density at radius 2 is 1.90 bits per heavy atom. The smallest absolute Gasteiger partial charge is 0.416 e. The molecule has 1 heterocycles. The number of carboxylic acid groups (broad SMARTS) is 1. The molecule has 0 unspecified atom stereocenters. The number of rotatable bonds is 7. The Morgan fingerprint density at radius 3 is 2.52 bits per heavy atom. The second-order valence-electron chi connectivity index (χ2n) is 6.13. The first-order valence-corrected chi connectivity index (χ1v) is 9.40. The normalized spacial score (nSPS) is 11.4. The van der Waals surface area contributed by atoms with Crippen molar-refractivity contribution in [2.75, 3.05) is 6.61 Å². The van der Waals surface area contributed by atoms with Crippen LogP contribution < -0.4 is 9.84 Å². The van der Waals surface area contributed by atoms with Crippen LogP contribution in [0.15, 0.2) is 57.9 Å². The van der Waals surface area contributed by atoms with Crippen LogP contribution in [0.5, 0.6) is 5.75 Å². The topological polar surface area (TPSA) is 75.4 Å². The third-order valence-electron chi connectivity index (χ3n) is 3.94. The highest BCUT2D eigenvalue weighted by Crippen LogP contribution is 2.32. The number of hydrogen-bond donors (Lipinski definition) is 0. The number of hydrogen-bond acceptors (Lipinski definition) is 6. The van der Waals surface area contributed by atoms with Crippen LogP contribution in [0, 0.1) is 6.92 Å². The number of nitrogens with zero attached hydrogens (tertiary/aromatic N) is 1. The largest absolute Gasteiger partial charge is 0.546 e. The first-order chi connectivity index (χ1) is 13.7. The predicted octanol–water partition coefficient (Wildman–Crippen LogP) is 4.09. The molecule has 0 amide bonds. The van der Waals surface area contributed by atoms with Gasteiger partial charge in [-0.3, -0.25) is 0 Å². The number of aryl methyl sites for hydroxylation is 1. The maximum atomic E-state index is 12.6. The van der Waals surface area contributed by atoms with Crippen LogP contribution in [0.4, 0.5) is 13.2 Å². The van der Waals surface area contributed by atoms with Gasteiger partial charge < -0.3 is 19.2 Å². The molecule has 0 saturated carbocycles. The summed E-state index contributed by atoms with van der Waals surface area (Å²) in [4.78, 5) is 11.4. The molecule has 0 N–H and O–H groups in total. The van der Waals surface area contributed by atoms with Crippen molar-refractivity contribution in [3.63, 3.8) is 0 Å². The van der Waals surface area contributed by atoms with Crippen LogP contribution in [0.2, 0.25) is 0 Å². The number of thioether (sulfide) groups is 1. The van der Waals surface area contributed by atoms with Gasteiger partial charge in [0.05, 0.1) is 17.3 Å². The van der Waals surface area contributed by atoms with Crippen molar-refractivity contribution in [1.29, 1.82) is 0 Å². The van der Waals surface area contributed by atoms with Crippen molar-refractivity contribution >= 4 is 17.7 Å². The number of aromatic nitrogens is 1. The van der Waals surface area contributed by atoms with Crippen molar-refractivity contribution in [2.45, 2.75) is 23.7 Å². The molecular weight excluding hydrogens is 407 g/mol. The number of benzene rings is 2. The molecule has 0 spiro atoms. The van der Waals surface area contributed by atoms with E-state index in [1.165, 1.54) is 23.9 Å². The van der Waals surface area contributed by atoms with Crippen LogP contribution >= 0.6 is 11.8 Å². The highest BCUT2D eigenvalue weighted by molar-refractivity contribution is 7.98. The van der Waals surface area contributed by atoms with Gasteiger partial charge in [0.25, 0.3) is 0 Å². The zero-order valence-corrected chi connectivity index (χ0v) is 16.0. The minimum Gasteiger partial charge on any atom is -0.546 e. The van der Waals surface area contributed by atoms with Gasteiger partial charge in [-0.15, -0.1) is 11.8 Å². The minimum absolute atomic E-state index is 0.455. The monoisotopic (exact) mass is 422 g/mol. The molecule has 0 aliphatic rings. The van der Waals surface area contributed by atoms with E-state index in [2.05, 4.69) is 5.16 Å². The highest BCUT2D eigenvalue weighted by atomic mass is 32.2. The van der Waals surface area contributed by atoms with Gasteiger partial charge in [-0.05, 0) is 42.8 Å². The summed E-state index contributed by atoms with van der Waals surface area (Å²) in [5.74, 6) is 0.200. The minimum atomic E-state index is -4.38. The Kier molecular flexibility index (Phi) is 6.17. The third kappa shape index (κ3) is 5.54. The van der Waals surface area contributed by atoms with E-state index in [4.69, 9.17) is 9.26 Å². The molecule has 0 saturated heterocycles. The summed E-state index contributed by atoms with van der Waals surface area (Å²) >= 11 is 1.47. The van der Waals surface area contributed by atoms with Gasteiger partial charge in [0.2, 0.25) is 0 Å². The maximum Gasteiger partial charge on any atom is 0.416 e. The molecule has 0 bridgehead atoms. The molecule has 0 fully saturated rings. The molecule has 0 aliphatic carbocycles. The van der Waals surface area contributed by atoms with Crippen molar-refractivity contribution in [3.8, 4) is 17.0 Å². The fourth-order valence-electron chi connectivity index (χ4n) is 2.51. The van der Waals surface area contributed by atoms with Crippen LogP contribution in [-0.2, 0) is 16.7 Å². The lowest BCUT2D eigenvalue weighted by Crippen LogP contribution is -2.29. The molecule has 2 aromatic carbocycles. The van der Waals surface area contributed by atoms with Crippen LogP contribution in [0.3, 0.4) is 0 Å². The number of ether oxygens (including phenoxy) is 1. The Hall–Kier alpha value is -2.94. The van der Waals surface area contributed by atoms with Crippen molar-refractivity contribution < 1.29 is 32.3 Å². The number of carbonyl (C=O) groups is 1. The molecular formula is C20H15F3NO4S-. The fraction of sp³-hybridized carbons (Fsp3) is 0.200. The second kappa shape index (κ2) is 8.60. The molecule has 0 radical (unpaired) electrons. The van der Waals surface area contributed by atoms with E-state index in [9.17, 15) is 23.1 Å². The van der Waals surface area contributed by atoms with Crippen molar-refractivity contribution in [1.82, 2.24) is 5.16 Å². The van der Waals surface area contributed by atoms with Gasteiger partial charge in [0, 0.05) is 16.5 Å². The summed E-state index contributed by atoms with van der Waals surface area (Å²) in [6.07, 6.45) is -4.38. The quantitative estimate of drug-likeness (QED) is 0.534. The third-order valence-corrected chi connectivity index (χ3v) is 4.96. The van der Waals surface area contributed by atoms with Crippen LogP contribution in [-0.4, -0.2) is 17.7 Å². The average Bonchev–Trinajstić information content (AvgIpc) is 3.14. The van der Waals surface area contributed by atoms with Crippen LogP contribution in [0.1, 0.15) is 16.9 Å². The zero-order chi connectivity index (χ0) is 21.0. The lowest BCUT2D eigenvalue weighted by atomic mass is 10.1. The molecule has 9 heteroatoms. The van der Waals surface area contributed by atoms with Gasteiger partial charge in [0.1, 0.15) is 23.8 Å². The molecule has 3 rings (SSSR count). The molecule has 5 nitrogen and oxygen atoms in total. The Morgan fingerprint density at radius 1 is 1.17 bits per heavy atom. The summed E-state index contributed by atoms with van der Waals surface area (Å²) in [5, 5.41) is 14.4. The van der Waals surface area contributed by atoms with Crippen molar-refractivity contribution in [3.05, 3.63) is 65.4 Å². The van der Waals surface area contributed by atoms with Gasteiger partial charge in [-0.2, -0.15) is 13.2 Å². The first-order valence-electron chi connectivity index (χ1n) is 8.41. The molecule has 0 atom stereocenters. The fourth-order valence-corrected chi connectivity index (χ4v) is 3.38. The molecule has 1 aromatic heterocycles. The van der Waals surface area contributed by atoms with E-state index in [0.717, 1.165) is 22.6 Å². The molecule has 29 heavy (non-hydrogen) atoms. The van der Waals surface area contributed by atoms with Gasteiger partial charge in [0.15, 0.2) is 0 Å². The summed E-state index contributed by atoms with van der Waals surface area (Å²) in [6, 6.07) is 11.7. The van der Waals surface area contributed by atoms with E-state index in [1.54, 1.807) is 25.1 Å². The number of carbonyl (C=O) groups excluding carboxylic acids is 1. The first kappa shape index (κ1) is 20.8. The summed E-state index contributed by atoms with van der Waals surface area (Å²) in [6.45, 7) is 1.28. The average molecular weight is 422 g/mol. The molecule has 3 aromatic rings. The summed E-state index contributed by atoms with van der Waals surface area (Å²) in [7, 11) is 0. The highest BCUT2D eigenvalue weighted by Gasteiger charge is 2.30. The molecule has 152 valence electrons. The summed E-state index contributed by atoms with van der Waals surface area (Å²) in [5.41, 5.74) is 1.04. The lowest BCUT2D eigenvalue weighted by Gasteiger charge is -2.10. The van der Waals surface area contributed by atoms with E-state index in [-0.39, 0.29) is 0 Å². The number of carboxylic acids is 1. The Labute approximate surface area is 168 Å². The standard InChI is InChI=1S/C20H16F3NO4S/c1-12-8-16(6-7-18(12)27-10-19(25)26)29-11-15-9-17(24-28-15)13-2-4-14(5-3-13)20(21,22)23/h2-9H,10-11H2,1H3,(H,25,26)/p-1. The number of aliphatic carboxylic acids is 1. The number of halogens is 3. The van der Waals surface area contributed by atoms with E-state index in [0.29, 0.717) is 28.5 Å².